The second-order valence-electron chi connectivity index (χ2n) is 4.13. The maximum Gasteiger partial charge on any atom is 0.343 e. The molecule has 1 rings (SSSR count). The van der Waals surface area contributed by atoms with Crippen LogP contribution in [0.3, 0.4) is 0 Å². The van der Waals surface area contributed by atoms with Gasteiger partial charge in [0.15, 0.2) is 6.61 Å². The first-order chi connectivity index (χ1) is 8.93. The van der Waals surface area contributed by atoms with Crippen molar-refractivity contribution in [2.45, 2.75) is 19.9 Å². The minimum absolute atomic E-state index is 0.0583. The van der Waals surface area contributed by atoms with Crippen LogP contribution >= 0.6 is 22.6 Å². The molecule has 0 aromatic heterocycles. The van der Waals surface area contributed by atoms with Crippen LogP contribution in [0.25, 0.3) is 0 Å². The summed E-state index contributed by atoms with van der Waals surface area (Å²) in [5.41, 5.74) is 0.525. The molecule has 0 spiro atoms. The van der Waals surface area contributed by atoms with Crippen LogP contribution in [0.15, 0.2) is 18.2 Å². The molecular formula is C13H16INO4. The van der Waals surface area contributed by atoms with Crippen molar-refractivity contribution in [3.05, 3.63) is 27.3 Å². The van der Waals surface area contributed by atoms with E-state index in [4.69, 9.17) is 4.74 Å². The Kier molecular flexibility index (Phi) is 6.07. The third kappa shape index (κ3) is 5.06. The predicted molar refractivity (Wildman–Crippen MR) is 79.3 cm³/mol. The molecule has 1 amide bonds. The van der Waals surface area contributed by atoms with Crippen molar-refractivity contribution in [1.29, 1.82) is 0 Å². The maximum absolute atomic E-state index is 12.0. The lowest BCUT2D eigenvalue weighted by Gasteiger charge is -2.11. The van der Waals surface area contributed by atoms with Gasteiger partial charge in [0.2, 0.25) is 0 Å². The van der Waals surface area contributed by atoms with Crippen LogP contribution in [0.4, 0.5) is 0 Å². The van der Waals surface area contributed by atoms with Crippen LogP contribution in [0.5, 0.6) is 5.75 Å². The maximum atomic E-state index is 12.0. The summed E-state index contributed by atoms with van der Waals surface area (Å²) < 4.78 is 10.6. The van der Waals surface area contributed by atoms with Crippen LogP contribution in [-0.4, -0.2) is 31.6 Å². The van der Waals surface area contributed by atoms with Crippen molar-refractivity contribution < 1.29 is 19.1 Å². The largest absolute Gasteiger partial charge is 0.482 e. The molecule has 0 radical (unpaired) electrons. The summed E-state index contributed by atoms with van der Waals surface area (Å²) in [7, 11) is 1.29. The molecule has 0 saturated heterocycles. The number of amides is 1. The van der Waals surface area contributed by atoms with Crippen LogP contribution in [0, 0.1) is 3.57 Å². The monoisotopic (exact) mass is 377 g/mol. The highest BCUT2D eigenvalue weighted by Gasteiger charge is 2.12. The van der Waals surface area contributed by atoms with E-state index >= 15 is 0 Å². The summed E-state index contributed by atoms with van der Waals surface area (Å²) >= 11 is 2.08. The average Bonchev–Trinajstić information content (AvgIpc) is 2.36. The molecule has 1 N–H and O–H groups in total. The fourth-order valence-electron chi connectivity index (χ4n) is 1.31. The number of carbonyl (C=O) groups is 2. The van der Waals surface area contributed by atoms with E-state index in [9.17, 15) is 9.59 Å². The van der Waals surface area contributed by atoms with Crippen molar-refractivity contribution in [3.63, 3.8) is 0 Å². The van der Waals surface area contributed by atoms with E-state index in [-0.39, 0.29) is 18.6 Å². The van der Waals surface area contributed by atoms with Gasteiger partial charge in [0.25, 0.3) is 5.91 Å². The van der Waals surface area contributed by atoms with E-state index < -0.39 is 5.97 Å². The van der Waals surface area contributed by atoms with Gasteiger partial charge < -0.3 is 14.8 Å². The van der Waals surface area contributed by atoms with Gasteiger partial charge in [-0.1, -0.05) is 0 Å². The molecule has 0 bridgehead atoms. The van der Waals surface area contributed by atoms with Gasteiger partial charge in [0.05, 0.1) is 12.7 Å². The Morgan fingerprint density at radius 3 is 2.63 bits per heavy atom. The van der Waals surface area contributed by atoms with Crippen LogP contribution < -0.4 is 10.1 Å². The number of ether oxygens (including phenoxy) is 2. The minimum Gasteiger partial charge on any atom is -0.482 e. The number of hydrogen-bond donors (Lipinski definition) is 1. The second-order valence-corrected chi connectivity index (χ2v) is 5.30. The first-order valence-corrected chi connectivity index (χ1v) is 6.82. The Bertz CT molecular complexity index is 474. The quantitative estimate of drug-likeness (QED) is 0.630. The molecule has 6 heteroatoms. The molecule has 1 aromatic rings. The van der Waals surface area contributed by atoms with Gasteiger partial charge in [-0.3, -0.25) is 4.79 Å². The number of esters is 1. The first kappa shape index (κ1) is 15.7. The predicted octanol–water partition coefficient (Wildman–Crippen LogP) is 1.98. The second kappa shape index (κ2) is 7.32. The normalized spacial score (nSPS) is 10.2. The number of hydrogen-bond acceptors (Lipinski definition) is 4. The van der Waals surface area contributed by atoms with E-state index in [1.165, 1.54) is 7.11 Å². The summed E-state index contributed by atoms with van der Waals surface area (Å²) in [4.78, 5) is 22.9. The van der Waals surface area contributed by atoms with Gasteiger partial charge in [0, 0.05) is 9.61 Å². The van der Waals surface area contributed by atoms with Crippen molar-refractivity contribution in [2.24, 2.45) is 0 Å². The highest BCUT2D eigenvalue weighted by Crippen LogP contribution is 2.19. The zero-order chi connectivity index (χ0) is 14.4. The Morgan fingerprint density at radius 1 is 1.37 bits per heavy atom. The van der Waals surface area contributed by atoms with Crippen molar-refractivity contribution in [3.8, 4) is 5.75 Å². The molecule has 0 fully saturated rings. The highest BCUT2D eigenvalue weighted by molar-refractivity contribution is 14.1. The lowest BCUT2D eigenvalue weighted by molar-refractivity contribution is -0.142. The van der Waals surface area contributed by atoms with Gasteiger partial charge in [-0.05, 0) is 54.6 Å². The molecule has 0 heterocycles. The average molecular weight is 377 g/mol. The van der Waals surface area contributed by atoms with Gasteiger partial charge in [-0.25, -0.2) is 4.79 Å². The third-order valence-corrected chi connectivity index (χ3v) is 3.13. The van der Waals surface area contributed by atoms with E-state index in [0.717, 1.165) is 3.57 Å². The molecule has 0 saturated carbocycles. The SMILES string of the molecule is COC(=O)COc1ccc(I)c(C(=O)NC(C)C)c1. The number of nitrogens with one attached hydrogen (secondary N) is 1. The Morgan fingerprint density at radius 2 is 2.05 bits per heavy atom. The standard InChI is InChI=1S/C13H16INO4/c1-8(2)15-13(17)10-6-9(4-5-11(10)14)19-7-12(16)18-3/h4-6,8H,7H2,1-3H3,(H,15,17). The Balaban J connectivity index is 2.82. The summed E-state index contributed by atoms with van der Waals surface area (Å²) in [5, 5.41) is 2.81. The van der Waals surface area contributed by atoms with Gasteiger partial charge in [-0.2, -0.15) is 0 Å². The summed E-state index contributed by atoms with van der Waals surface area (Å²) in [6.07, 6.45) is 0. The molecule has 1 aromatic carbocycles. The Hall–Kier alpha value is -1.31. The fraction of sp³-hybridized carbons (Fsp3) is 0.385. The van der Waals surface area contributed by atoms with Crippen LogP contribution in [-0.2, 0) is 9.53 Å². The zero-order valence-electron chi connectivity index (χ0n) is 11.0. The molecular weight excluding hydrogens is 361 g/mol. The molecule has 19 heavy (non-hydrogen) atoms. The van der Waals surface area contributed by atoms with Crippen LogP contribution in [0.1, 0.15) is 24.2 Å². The molecule has 0 aliphatic heterocycles. The lowest BCUT2D eigenvalue weighted by Crippen LogP contribution is -2.30. The van der Waals surface area contributed by atoms with E-state index in [0.29, 0.717) is 11.3 Å². The lowest BCUT2D eigenvalue weighted by atomic mass is 10.2. The van der Waals surface area contributed by atoms with Gasteiger partial charge >= 0.3 is 5.97 Å². The van der Waals surface area contributed by atoms with Crippen LogP contribution in [0.2, 0.25) is 0 Å². The number of rotatable bonds is 5. The van der Waals surface area contributed by atoms with Crippen molar-refractivity contribution in [2.75, 3.05) is 13.7 Å². The number of carbonyl (C=O) groups excluding carboxylic acids is 2. The smallest absolute Gasteiger partial charge is 0.343 e. The van der Waals surface area contributed by atoms with E-state index in [1.807, 2.05) is 13.8 Å². The number of halogens is 1. The van der Waals surface area contributed by atoms with E-state index in [2.05, 4.69) is 32.6 Å². The Labute approximate surface area is 125 Å². The summed E-state index contributed by atoms with van der Waals surface area (Å²) in [6.45, 7) is 3.60. The zero-order valence-corrected chi connectivity index (χ0v) is 13.2. The number of benzene rings is 1. The van der Waals surface area contributed by atoms with Gasteiger partial charge in [-0.15, -0.1) is 0 Å². The third-order valence-electron chi connectivity index (χ3n) is 2.19. The number of methoxy groups -OCH3 is 1. The molecule has 0 aliphatic carbocycles. The summed E-state index contributed by atoms with van der Waals surface area (Å²) in [5.74, 6) is -0.172. The molecule has 0 unspecified atom stereocenters. The van der Waals surface area contributed by atoms with E-state index in [1.54, 1.807) is 18.2 Å². The first-order valence-electron chi connectivity index (χ1n) is 5.74. The summed E-state index contributed by atoms with van der Waals surface area (Å²) in [6, 6.07) is 5.14. The van der Waals surface area contributed by atoms with Gasteiger partial charge in [0.1, 0.15) is 5.75 Å². The molecule has 0 aliphatic rings. The topological polar surface area (TPSA) is 64.6 Å². The minimum atomic E-state index is -0.466. The molecule has 104 valence electrons. The molecule has 5 nitrogen and oxygen atoms in total. The van der Waals surface area contributed by atoms with Crippen molar-refractivity contribution in [1.82, 2.24) is 5.32 Å². The fourth-order valence-corrected chi connectivity index (χ4v) is 1.89. The van der Waals surface area contributed by atoms with Crippen molar-refractivity contribution >= 4 is 34.5 Å². The molecule has 0 atom stereocenters. The highest BCUT2D eigenvalue weighted by atomic mass is 127.